The molecule has 4 rings (SSSR count). The van der Waals surface area contributed by atoms with E-state index in [1.54, 1.807) is 23.1 Å². The van der Waals surface area contributed by atoms with Gasteiger partial charge in [0.1, 0.15) is 5.75 Å². The smallest absolute Gasteiger partial charge is 0.493 e. The Bertz CT molecular complexity index is 1110. The molecule has 32 heavy (non-hydrogen) atoms. The Labute approximate surface area is 180 Å². The summed E-state index contributed by atoms with van der Waals surface area (Å²) in [6.07, 6.45) is -4.59. The number of halogens is 3. The van der Waals surface area contributed by atoms with Crippen molar-refractivity contribution in [3.63, 3.8) is 0 Å². The normalized spacial score (nSPS) is 16.3. The molecule has 0 bridgehead atoms. The molecule has 1 atom stereocenters. The average Bonchev–Trinajstić information content (AvgIpc) is 3.39. The van der Waals surface area contributed by atoms with Crippen LogP contribution in [-0.2, 0) is 4.79 Å². The molecule has 11 heteroatoms. The van der Waals surface area contributed by atoms with Crippen molar-refractivity contribution in [2.24, 2.45) is 0 Å². The SMILES string of the molecule is COc1ccc(N2CC(c3nc(-c4ccc(OC(F)(F)F)cc4)no3)CC2=O)cc1OC. The number of amides is 1. The lowest BCUT2D eigenvalue weighted by Gasteiger charge is -2.18. The third-order valence-corrected chi connectivity index (χ3v) is 4.94. The first-order chi connectivity index (χ1) is 15.3. The van der Waals surface area contributed by atoms with E-state index in [9.17, 15) is 18.0 Å². The van der Waals surface area contributed by atoms with Crippen LogP contribution in [0.5, 0.6) is 17.2 Å². The second-order valence-electron chi connectivity index (χ2n) is 6.97. The number of anilines is 1. The van der Waals surface area contributed by atoms with Gasteiger partial charge >= 0.3 is 6.36 Å². The van der Waals surface area contributed by atoms with E-state index in [0.29, 0.717) is 29.3 Å². The van der Waals surface area contributed by atoms with Gasteiger partial charge in [-0.05, 0) is 36.4 Å². The molecule has 1 aliphatic heterocycles. The Morgan fingerprint density at radius 1 is 1.06 bits per heavy atom. The number of hydrogen-bond acceptors (Lipinski definition) is 7. The summed E-state index contributed by atoms with van der Waals surface area (Å²) < 4.78 is 56.6. The molecule has 1 fully saturated rings. The summed E-state index contributed by atoms with van der Waals surface area (Å²) in [6, 6.07) is 10.3. The minimum atomic E-state index is -4.77. The zero-order valence-corrected chi connectivity index (χ0v) is 17.0. The summed E-state index contributed by atoms with van der Waals surface area (Å²) >= 11 is 0. The van der Waals surface area contributed by atoms with Crippen LogP contribution in [0.1, 0.15) is 18.2 Å². The number of benzene rings is 2. The highest BCUT2D eigenvalue weighted by atomic mass is 19.4. The fraction of sp³-hybridized carbons (Fsp3) is 0.286. The Morgan fingerprint density at radius 3 is 2.44 bits per heavy atom. The van der Waals surface area contributed by atoms with Crippen molar-refractivity contribution in [2.75, 3.05) is 25.7 Å². The Hall–Kier alpha value is -3.76. The molecule has 0 N–H and O–H groups in total. The first-order valence-electron chi connectivity index (χ1n) is 9.49. The number of alkyl halides is 3. The van der Waals surface area contributed by atoms with Crippen LogP contribution < -0.4 is 19.1 Å². The number of carbonyl (C=O) groups is 1. The highest BCUT2D eigenvalue weighted by Crippen LogP contribution is 2.36. The van der Waals surface area contributed by atoms with Gasteiger partial charge < -0.3 is 23.6 Å². The molecule has 1 aliphatic rings. The van der Waals surface area contributed by atoms with Gasteiger partial charge in [0.25, 0.3) is 0 Å². The van der Waals surface area contributed by atoms with Crippen LogP contribution in [0.15, 0.2) is 47.0 Å². The summed E-state index contributed by atoms with van der Waals surface area (Å²) in [5.74, 6) is 0.728. The van der Waals surface area contributed by atoms with Gasteiger partial charge in [0.15, 0.2) is 11.5 Å². The van der Waals surface area contributed by atoms with Gasteiger partial charge in [0.2, 0.25) is 17.6 Å². The maximum absolute atomic E-state index is 12.6. The zero-order valence-electron chi connectivity index (χ0n) is 17.0. The second kappa shape index (κ2) is 8.40. The molecule has 0 spiro atoms. The Kier molecular flexibility index (Phi) is 5.64. The number of nitrogens with zero attached hydrogens (tertiary/aromatic N) is 3. The maximum Gasteiger partial charge on any atom is 0.573 e. The van der Waals surface area contributed by atoms with E-state index in [4.69, 9.17) is 14.0 Å². The molecular formula is C21H18F3N3O5. The molecule has 2 aromatic carbocycles. The summed E-state index contributed by atoms with van der Waals surface area (Å²) in [7, 11) is 3.04. The van der Waals surface area contributed by atoms with Gasteiger partial charge in [-0.15, -0.1) is 13.2 Å². The van der Waals surface area contributed by atoms with Gasteiger partial charge in [0, 0.05) is 30.3 Å². The minimum Gasteiger partial charge on any atom is -0.493 e. The number of ether oxygens (including phenoxy) is 3. The standard InChI is InChI=1S/C21H18F3N3O5/c1-29-16-8-5-14(10-17(16)30-2)27-11-13(9-18(27)28)20-25-19(26-32-20)12-3-6-15(7-4-12)31-21(22,23)24/h3-8,10,13H,9,11H2,1-2H3. The fourth-order valence-electron chi connectivity index (χ4n) is 3.44. The Balaban J connectivity index is 1.49. The van der Waals surface area contributed by atoms with E-state index in [0.717, 1.165) is 12.1 Å². The second-order valence-corrected chi connectivity index (χ2v) is 6.97. The zero-order chi connectivity index (χ0) is 22.9. The maximum atomic E-state index is 12.6. The van der Waals surface area contributed by atoms with Crippen LogP contribution >= 0.6 is 0 Å². The molecule has 168 valence electrons. The summed E-state index contributed by atoms with van der Waals surface area (Å²) in [5, 5.41) is 3.89. The molecular weight excluding hydrogens is 431 g/mol. The van der Waals surface area contributed by atoms with Gasteiger partial charge in [0.05, 0.1) is 20.1 Å². The molecule has 0 aliphatic carbocycles. The molecule has 1 amide bonds. The van der Waals surface area contributed by atoms with Crippen molar-refractivity contribution in [3.8, 4) is 28.6 Å². The predicted molar refractivity (Wildman–Crippen MR) is 106 cm³/mol. The van der Waals surface area contributed by atoms with Gasteiger partial charge in [-0.1, -0.05) is 5.16 Å². The van der Waals surface area contributed by atoms with Crippen LogP contribution in [-0.4, -0.2) is 43.2 Å². The van der Waals surface area contributed by atoms with E-state index in [-0.39, 0.29) is 35.7 Å². The highest BCUT2D eigenvalue weighted by Gasteiger charge is 2.35. The van der Waals surface area contributed by atoms with Crippen molar-refractivity contribution in [1.29, 1.82) is 0 Å². The molecule has 8 nitrogen and oxygen atoms in total. The van der Waals surface area contributed by atoms with E-state index in [2.05, 4.69) is 14.9 Å². The monoisotopic (exact) mass is 449 g/mol. The molecule has 0 saturated carbocycles. The third kappa shape index (κ3) is 4.46. The third-order valence-electron chi connectivity index (χ3n) is 4.94. The largest absolute Gasteiger partial charge is 0.573 e. The van der Waals surface area contributed by atoms with Crippen molar-refractivity contribution in [1.82, 2.24) is 10.1 Å². The van der Waals surface area contributed by atoms with Crippen molar-refractivity contribution < 1.29 is 36.7 Å². The molecule has 2 heterocycles. The van der Waals surface area contributed by atoms with E-state index < -0.39 is 6.36 Å². The summed E-state index contributed by atoms with van der Waals surface area (Å²) in [5.41, 5.74) is 1.10. The van der Waals surface area contributed by atoms with E-state index >= 15 is 0 Å². The van der Waals surface area contributed by atoms with Crippen molar-refractivity contribution >= 4 is 11.6 Å². The number of methoxy groups -OCH3 is 2. The number of rotatable bonds is 6. The van der Waals surface area contributed by atoms with E-state index in [1.165, 1.54) is 26.4 Å². The van der Waals surface area contributed by atoms with Gasteiger partial charge in [-0.2, -0.15) is 4.98 Å². The van der Waals surface area contributed by atoms with Crippen molar-refractivity contribution in [3.05, 3.63) is 48.4 Å². The number of carbonyl (C=O) groups excluding carboxylic acids is 1. The van der Waals surface area contributed by atoms with Crippen LogP contribution in [0, 0.1) is 0 Å². The average molecular weight is 449 g/mol. The van der Waals surface area contributed by atoms with Crippen molar-refractivity contribution in [2.45, 2.75) is 18.7 Å². The first kappa shape index (κ1) is 21.5. The summed E-state index contributed by atoms with van der Waals surface area (Å²) in [6.45, 7) is 0.328. The number of hydrogen-bond donors (Lipinski definition) is 0. The fourth-order valence-corrected chi connectivity index (χ4v) is 3.44. The Morgan fingerprint density at radius 2 is 1.78 bits per heavy atom. The minimum absolute atomic E-state index is 0.115. The topological polar surface area (TPSA) is 86.9 Å². The number of aromatic nitrogens is 2. The molecule has 1 unspecified atom stereocenters. The molecule has 1 aromatic heterocycles. The molecule has 0 radical (unpaired) electrons. The molecule has 3 aromatic rings. The van der Waals surface area contributed by atoms with Gasteiger partial charge in [-0.25, -0.2) is 0 Å². The quantitative estimate of drug-likeness (QED) is 0.558. The predicted octanol–water partition coefficient (Wildman–Crippen LogP) is 4.17. The first-order valence-corrected chi connectivity index (χ1v) is 9.49. The van der Waals surface area contributed by atoms with Crippen LogP contribution in [0.3, 0.4) is 0 Å². The lowest BCUT2D eigenvalue weighted by atomic mass is 10.1. The van der Waals surface area contributed by atoms with Crippen LogP contribution in [0.4, 0.5) is 18.9 Å². The van der Waals surface area contributed by atoms with E-state index in [1.807, 2.05) is 0 Å². The summed E-state index contributed by atoms with van der Waals surface area (Å²) in [4.78, 5) is 18.5. The highest BCUT2D eigenvalue weighted by molar-refractivity contribution is 5.96. The lowest BCUT2D eigenvalue weighted by Crippen LogP contribution is -2.24. The lowest BCUT2D eigenvalue weighted by molar-refractivity contribution is -0.274. The molecule has 1 saturated heterocycles. The van der Waals surface area contributed by atoms with Gasteiger partial charge in [-0.3, -0.25) is 4.79 Å². The van der Waals surface area contributed by atoms with Crippen LogP contribution in [0.2, 0.25) is 0 Å². The van der Waals surface area contributed by atoms with Crippen LogP contribution in [0.25, 0.3) is 11.4 Å².